The lowest BCUT2D eigenvalue weighted by Crippen LogP contribution is -2.62. The molecule has 0 aliphatic heterocycles. The fourth-order valence-electron chi connectivity index (χ4n) is 10.0. The van der Waals surface area contributed by atoms with Gasteiger partial charge in [-0.3, -0.25) is 9.52 Å². The predicted molar refractivity (Wildman–Crippen MR) is 136 cm³/mol. The van der Waals surface area contributed by atoms with Gasteiger partial charge in [0.25, 0.3) is 0 Å². The number of amides is 1. The molecule has 5 rings (SSSR count). The summed E-state index contributed by atoms with van der Waals surface area (Å²) in [5, 5.41) is 21.9. The highest BCUT2D eigenvalue weighted by Crippen LogP contribution is 2.69. The van der Waals surface area contributed by atoms with Crippen LogP contribution in [0.3, 0.4) is 0 Å². The van der Waals surface area contributed by atoms with Gasteiger partial charge >= 0.3 is 0 Å². The van der Waals surface area contributed by atoms with Crippen molar-refractivity contribution < 1.29 is 23.4 Å². The number of sulfonamides is 1. The van der Waals surface area contributed by atoms with Crippen LogP contribution < -0.4 is 4.72 Å². The van der Waals surface area contributed by atoms with Gasteiger partial charge in [-0.15, -0.1) is 0 Å². The van der Waals surface area contributed by atoms with Crippen LogP contribution in [0.15, 0.2) is 0 Å². The third-order valence-electron chi connectivity index (χ3n) is 11.9. The van der Waals surface area contributed by atoms with Crippen LogP contribution >= 0.6 is 0 Å². The Labute approximate surface area is 212 Å². The molecule has 0 saturated heterocycles. The van der Waals surface area contributed by atoms with Gasteiger partial charge < -0.3 is 10.2 Å². The molecule has 35 heavy (non-hydrogen) atoms. The van der Waals surface area contributed by atoms with Gasteiger partial charge in [0.1, 0.15) is 0 Å². The number of carbonyl (C=O) groups excluding carboxylic acids is 1. The minimum atomic E-state index is -3.50. The first kappa shape index (κ1) is 26.0. The van der Waals surface area contributed by atoms with Gasteiger partial charge in [0.2, 0.25) is 15.9 Å². The van der Waals surface area contributed by atoms with E-state index in [9.17, 15) is 23.4 Å². The third-order valence-corrected chi connectivity index (χ3v) is 13.7. The van der Waals surface area contributed by atoms with Crippen LogP contribution in [0.4, 0.5) is 0 Å². The van der Waals surface area contributed by atoms with Crippen molar-refractivity contribution in [3.05, 3.63) is 0 Å². The minimum absolute atomic E-state index is 0.0763. The second-order valence-electron chi connectivity index (χ2n) is 13.6. The Morgan fingerprint density at radius 2 is 1.63 bits per heavy atom. The van der Waals surface area contributed by atoms with E-state index in [1.54, 1.807) is 0 Å². The average molecular weight is 510 g/mol. The van der Waals surface area contributed by atoms with Crippen LogP contribution in [-0.4, -0.2) is 42.0 Å². The van der Waals surface area contributed by atoms with E-state index in [0.29, 0.717) is 36.5 Å². The summed E-state index contributed by atoms with van der Waals surface area (Å²) in [4.78, 5) is 12.7. The van der Waals surface area contributed by atoms with Crippen molar-refractivity contribution in [3.8, 4) is 0 Å². The molecule has 0 heterocycles. The maximum atomic E-state index is 12.7. The Balaban J connectivity index is 1.34. The fourth-order valence-corrected chi connectivity index (χ4v) is 11.4. The summed E-state index contributed by atoms with van der Waals surface area (Å²) in [5.74, 6) is 2.00. The number of carbonyl (C=O) groups is 1. The van der Waals surface area contributed by atoms with Crippen molar-refractivity contribution in [2.24, 2.45) is 52.3 Å². The summed E-state index contributed by atoms with van der Waals surface area (Å²) in [6.07, 6.45) is 9.10. The monoisotopic (exact) mass is 509 g/mol. The number of aliphatic hydroxyl groups is 2. The van der Waals surface area contributed by atoms with Gasteiger partial charge in [-0.25, -0.2) is 8.42 Å². The molecular formula is C28H47NO5S. The quantitative estimate of drug-likeness (QED) is 0.497. The van der Waals surface area contributed by atoms with Gasteiger partial charge in [0.15, 0.2) is 0 Å². The van der Waals surface area contributed by atoms with E-state index in [-0.39, 0.29) is 58.4 Å². The summed E-state index contributed by atoms with van der Waals surface area (Å²) in [7, 11) is -3.50. The van der Waals surface area contributed by atoms with E-state index in [2.05, 4.69) is 32.4 Å². The van der Waals surface area contributed by atoms with Crippen LogP contribution in [0.25, 0.3) is 0 Å². The van der Waals surface area contributed by atoms with E-state index >= 15 is 0 Å². The molecule has 11 atom stereocenters. The summed E-state index contributed by atoms with van der Waals surface area (Å²) in [6, 6.07) is 0. The lowest BCUT2D eigenvalue weighted by molar-refractivity contribution is -0.203. The maximum Gasteiger partial charge on any atom is 0.237 e. The average Bonchev–Trinajstić information content (AvgIpc) is 3.57. The first-order valence-electron chi connectivity index (χ1n) is 14.3. The lowest BCUT2D eigenvalue weighted by atomic mass is 9.41. The second kappa shape index (κ2) is 8.97. The number of rotatable bonds is 6. The zero-order chi connectivity index (χ0) is 25.3. The van der Waals surface area contributed by atoms with Crippen molar-refractivity contribution in [1.82, 2.24) is 4.72 Å². The van der Waals surface area contributed by atoms with Crippen LogP contribution in [-0.2, 0) is 14.8 Å². The summed E-state index contributed by atoms with van der Waals surface area (Å²) in [5.41, 5.74) is 0.263. The molecule has 0 aromatic carbocycles. The maximum absolute atomic E-state index is 12.7. The van der Waals surface area contributed by atoms with E-state index in [1.807, 2.05) is 0 Å². The van der Waals surface area contributed by atoms with Gasteiger partial charge in [-0.05, 0) is 110 Å². The van der Waals surface area contributed by atoms with Crippen molar-refractivity contribution in [2.45, 2.75) is 116 Å². The van der Waals surface area contributed by atoms with Crippen LogP contribution in [0, 0.1) is 52.3 Å². The van der Waals surface area contributed by atoms with Gasteiger partial charge in [-0.1, -0.05) is 34.1 Å². The molecule has 1 unspecified atom stereocenters. The lowest BCUT2D eigenvalue weighted by Gasteiger charge is -2.64. The Bertz CT molecular complexity index is 934. The molecule has 5 aliphatic carbocycles. The topological polar surface area (TPSA) is 104 Å². The third kappa shape index (κ3) is 4.20. The molecule has 0 aromatic heterocycles. The molecule has 6 nitrogen and oxygen atoms in total. The Kier molecular flexibility index (Phi) is 6.66. The van der Waals surface area contributed by atoms with Crippen molar-refractivity contribution in [3.63, 3.8) is 0 Å². The fraction of sp³-hybridized carbons (Fsp3) is 0.964. The molecule has 0 radical (unpaired) electrons. The molecule has 5 aliphatic rings. The Hall–Kier alpha value is -0.660. The standard InChI is InChI=1S/C28H47NO5S/c1-5-19-23-15-17(30)10-12-28(23,4)22-11-13-27(3)20(8-9-21(27)25(22)26(19)32)16(2)14-24(31)29-35(33,34)18-6-7-18/h16-23,25-26,30,32H,5-15H2,1-4H3,(H,29,31)/t16?,17-,19-,20-,21+,22+,23+,25+,26-,27-,28-/m1/s1. The van der Waals surface area contributed by atoms with Gasteiger partial charge in [0, 0.05) is 6.42 Å². The van der Waals surface area contributed by atoms with Crippen LogP contribution in [0.2, 0.25) is 0 Å². The molecule has 200 valence electrons. The highest BCUT2D eigenvalue weighted by Gasteiger charge is 2.64. The van der Waals surface area contributed by atoms with Crippen molar-refractivity contribution in [1.29, 1.82) is 0 Å². The summed E-state index contributed by atoms with van der Waals surface area (Å²) < 4.78 is 26.8. The molecule has 1 amide bonds. The van der Waals surface area contributed by atoms with Crippen molar-refractivity contribution >= 4 is 15.9 Å². The number of hydrogen-bond donors (Lipinski definition) is 3. The number of aliphatic hydroxyl groups excluding tert-OH is 2. The first-order valence-corrected chi connectivity index (χ1v) is 15.9. The van der Waals surface area contributed by atoms with E-state index in [1.165, 1.54) is 0 Å². The number of fused-ring (bicyclic) bond motifs is 5. The molecule has 0 bridgehead atoms. The molecular weight excluding hydrogens is 462 g/mol. The first-order chi connectivity index (χ1) is 16.4. The second-order valence-corrected chi connectivity index (χ2v) is 15.5. The smallest absolute Gasteiger partial charge is 0.237 e. The van der Waals surface area contributed by atoms with Gasteiger partial charge in [-0.2, -0.15) is 0 Å². The molecule has 0 spiro atoms. The van der Waals surface area contributed by atoms with Crippen molar-refractivity contribution in [2.75, 3.05) is 0 Å². The molecule has 7 heteroatoms. The SMILES string of the molecule is CC[C@H]1[C@@H](O)[C@@H]2[C@H](CC[C@]3(C)[C@@H](C(C)CC(=O)NS(=O)(=O)C4CC4)CC[C@@H]23)[C@@]2(C)CC[C@@H](O)C[C@@H]12. The Morgan fingerprint density at radius 3 is 2.29 bits per heavy atom. The highest BCUT2D eigenvalue weighted by molar-refractivity contribution is 7.90. The zero-order valence-electron chi connectivity index (χ0n) is 22.1. The highest BCUT2D eigenvalue weighted by atomic mass is 32.2. The summed E-state index contributed by atoms with van der Waals surface area (Å²) >= 11 is 0. The van der Waals surface area contributed by atoms with E-state index < -0.39 is 10.0 Å². The number of nitrogens with one attached hydrogen (secondary N) is 1. The largest absolute Gasteiger partial charge is 0.393 e. The van der Waals surface area contributed by atoms with Gasteiger partial charge in [0.05, 0.1) is 17.5 Å². The number of hydrogen-bond acceptors (Lipinski definition) is 5. The summed E-state index contributed by atoms with van der Waals surface area (Å²) in [6.45, 7) is 9.18. The molecule has 0 aromatic rings. The van der Waals surface area contributed by atoms with E-state index in [0.717, 1.165) is 51.4 Å². The molecule has 5 saturated carbocycles. The Morgan fingerprint density at radius 1 is 0.971 bits per heavy atom. The molecule has 5 fully saturated rings. The zero-order valence-corrected chi connectivity index (χ0v) is 22.9. The normalized spacial score (nSPS) is 48.4. The van der Waals surface area contributed by atoms with Crippen LogP contribution in [0.5, 0.6) is 0 Å². The predicted octanol–water partition coefficient (Wildman–Crippen LogP) is 4.25. The van der Waals surface area contributed by atoms with Crippen LogP contribution in [0.1, 0.15) is 98.3 Å². The minimum Gasteiger partial charge on any atom is -0.393 e. The van der Waals surface area contributed by atoms with E-state index in [4.69, 9.17) is 0 Å². The molecule has 3 N–H and O–H groups in total.